The highest BCUT2D eigenvalue weighted by Gasteiger charge is 2.41. The highest BCUT2D eigenvalue weighted by molar-refractivity contribution is 7.89. The summed E-state index contributed by atoms with van der Waals surface area (Å²) in [5.41, 5.74) is 1.70. The maximum absolute atomic E-state index is 12.1. The zero-order valence-electron chi connectivity index (χ0n) is 15.3. The molecule has 0 bridgehead atoms. The number of carboxylic acids is 1. The fourth-order valence-corrected chi connectivity index (χ4v) is 4.02. The van der Waals surface area contributed by atoms with Gasteiger partial charge in [0.2, 0.25) is 10.0 Å². The van der Waals surface area contributed by atoms with Crippen LogP contribution in [0.15, 0.2) is 59.1 Å². The number of nitrogens with zero attached hydrogens (tertiary/aromatic N) is 3. The number of nitriles is 1. The van der Waals surface area contributed by atoms with E-state index in [4.69, 9.17) is 16.7 Å². The molecule has 10 heteroatoms. The number of carboxylic acid groups (broad SMARTS) is 1. The molecule has 29 heavy (non-hydrogen) atoms. The first-order valence-corrected chi connectivity index (χ1v) is 10.3. The van der Waals surface area contributed by atoms with E-state index >= 15 is 0 Å². The number of rotatable bonds is 5. The molecule has 2 aromatic rings. The normalized spacial score (nSPS) is 17.4. The van der Waals surface area contributed by atoms with Crippen LogP contribution in [0, 0.1) is 11.3 Å². The molecule has 0 radical (unpaired) electrons. The van der Waals surface area contributed by atoms with Crippen LogP contribution in [0.25, 0.3) is 5.57 Å². The Balaban J connectivity index is 2.21. The van der Waals surface area contributed by atoms with Gasteiger partial charge in [-0.1, -0.05) is 35.9 Å². The molecule has 0 saturated heterocycles. The van der Waals surface area contributed by atoms with Gasteiger partial charge in [0.25, 0.3) is 0 Å². The minimum atomic E-state index is -3.86. The minimum absolute atomic E-state index is 0.0307. The van der Waals surface area contributed by atoms with Crippen molar-refractivity contribution >= 4 is 33.2 Å². The number of primary sulfonamides is 1. The number of hydrogen-bond donors (Lipinski definition) is 2. The summed E-state index contributed by atoms with van der Waals surface area (Å²) in [6.07, 6.45) is 0. The molecular weight excluding hydrogens is 416 g/mol. The van der Waals surface area contributed by atoms with E-state index in [1.165, 1.54) is 17.1 Å². The van der Waals surface area contributed by atoms with Gasteiger partial charge in [-0.05, 0) is 35.4 Å². The third kappa shape index (κ3) is 3.97. The van der Waals surface area contributed by atoms with Gasteiger partial charge in [-0.25, -0.2) is 23.4 Å². The van der Waals surface area contributed by atoms with E-state index in [9.17, 15) is 23.6 Å². The zero-order chi connectivity index (χ0) is 21.3. The first-order chi connectivity index (χ1) is 13.6. The second kappa shape index (κ2) is 7.85. The van der Waals surface area contributed by atoms with E-state index in [2.05, 4.69) is 0 Å². The molecule has 1 atom stereocenters. The van der Waals surface area contributed by atoms with Crippen LogP contribution in [0.4, 0.5) is 0 Å². The highest BCUT2D eigenvalue weighted by Crippen LogP contribution is 2.44. The molecular formula is C19H17ClN4O4S. The summed E-state index contributed by atoms with van der Waals surface area (Å²) >= 11 is 5.97. The second-order valence-corrected chi connectivity index (χ2v) is 8.38. The number of halogens is 1. The predicted molar refractivity (Wildman–Crippen MR) is 107 cm³/mol. The van der Waals surface area contributed by atoms with Crippen LogP contribution < -0.4 is 5.14 Å². The van der Waals surface area contributed by atoms with Crippen molar-refractivity contribution < 1.29 is 18.3 Å². The Hall–Kier alpha value is -2.90. The Kier molecular flexibility index (Phi) is 5.64. The van der Waals surface area contributed by atoms with E-state index < -0.39 is 22.0 Å². The van der Waals surface area contributed by atoms with E-state index in [1.807, 2.05) is 6.07 Å². The quantitative estimate of drug-likeness (QED) is 0.693. The second-order valence-electron chi connectivity index (χ2n) is 6.38. The van der Waals surface area contributed by atoms with Crippen LogP contribution in [-0.4, -0.2) is 43.1 Å². The fourth-order valence-electron chi connectivity index (χ4n) is 3.38. The predicted octanol–water partition coefficient (Wildman–Crippen LogP) is 2.21. The molecule has 150 valence electrons. The summed E-state index contributed by atoms with van der Waals surface area (Å²) in [5.74, 6) is -1.18. The number of hydrogen-bond acceptors (Lipinski definition) is 6. The van der Waals surface area contributed by atoms with Gasteiger partial charge in [-0.2, -0.15) is 5.26 Å². The van der Waals surface area contributed by atoms with Gasteiger partial charge >= 0.3 is 5.97 Å². The maximum Gasteiger partial charge on any atom is 0.353 e. The van der Waals surface area contributed by atoms with E-state index in [0.717, 1.165) is 0 Å². The molecule has 0 saturated carbocycles. The molecule has 2 aromatic carbocycles. The first kappa shape index (κ1) is 20.8. The van der Waals surface area contributed by atoms with Crippen molar-refractivity contribution in [3.63, 3.8) is 0 Å². The van der Waals surface area contributed by atoms with Crippen molar-refractivity contribution in [2.24, 2.45) is 5.14 Å². The molecule has 3 N–H and O–H groups in total. The summed E-state index contributed by atoms with van der Waals surface area (Å²) in [4.78, 5) is 12.0. The molecule has 1 aliphatic rings. The number of likely N-dealkylation sites (N-methyl/N-ethyl adjacent to an activating group) is 1. The van der Waals surface area contributed by atoms with Gasteiger partial charge in [0.1, 0.15) is 12.2 Å². The molecule has 0 aliphatic carbocycles. The van der Waals surface area contributed by atoms with E-state index in [-0.39, 0.29) is 17.1 Å². The van der Waals surface area contributed by atoms with Crippen LogP contribution in [0.1, 0.15) is 17.2 Å². The lowest BCUT2D eigenvalue weighted by Gasteiger charge is -2.30. The lowest BCUT2D eigenvalue weighted by Crippen LogP contribution is -2.37. The summed E-state index contributed by atoms with van der Waals surface area (Å²) in [6, 6.07) is 14.0. The topological polar surface area (TPSA) is 128 Å². The van der Waals surface area contributed by atoms with Crippen molar-refractivity contribution in [1.29, 1.82) is 5.26 Å². The highest BCUT2D eigenvalue weighted by atomic mass is 35.5. The summed E-state index contributed by atoms with van der Waals surface area (Å²) in [5, 5.41) is 27.7. The van der Waals surface area contributed by atoms with Crippen molar-refractivity contribution in [3.05, 3.63) is 70.4 Å². The van der Waals surface area contributed by atoms with Crippen molar-refractivity contribution in [2.75, 3.05) is 13.6 Å². The molecule has 3 rings (SSSR count). The fraction of sp³-hybridized carbons (Fsp3) is 0.158. The summed E-state index contributed by atoms with van der Waals surface area (Å²) < 4.78 is 23.1. The molecule has 0 amide bonds. The third-order valence-electron chi connectivity index (χ3n) is 4.64. The van der Waals surface area contributed by atoms with Gasteiger partial charge in [0.15, 0.2) is 0 Å². The summed E-state index contributed by atoms with van der Waals surface area (Å²) in [6.45, 7) is -0.166. The molecule has 0 spiro atoms. The van der Waals surface area contributed by atoms with Crippen LogP contribution in [0.2, 0.25) is 5.02 Å². The van der Waals surface area contributed by atoms with Crippen LogP contribution in [0.5, 0.6) is 0 Å². The molecule has 0 fully saturated rings. The Morgan fingerprint density at radius 1 is 1.21 bits per heavy atom. The molecule has 0 aromatic heterocycles. The van der Waals surface area contributed by atoms with Crippen LogP contribution in [-0.2, 0) is 14.8 Å². The van der Waals surface area contributed by atoms with E-state index in [0.29, 0.717) is 21.7 Å². The summed E-state index contributed by atoms with van der Waals surface area (Å²) in [7, 11) is -2.19. The van der Waals surface area contributed by atoms with Gasteiger partial charge in [-0.15, -0.1) is 0 Å². The standard InChI is InChI=1S/C19H17ClN4O4S/c1-23-17(13-4-8-15(9-5-13)29(22,27)28)16(12-2-6-14(20)7-3-12)18(19(25)26)24(23)11-10-21/h2-9,17H,11H2,1H3,(H,25,26)(H2,22,27,28). The first-order valence-electron chi connectivity index (χ1n) is 8.38. The zero-order valence-corrected chi connectivity index (χ0v) is 16.9. The molecule has 1 unspecified atom stereocenters. The van der Waals surface area contributed by atoms with Gasteiger partial charge < -0.3 is 5.11 Å². The van der Waals surface area contributed by atoms with Gasteiger partial charge in [-0.3, -0.25) is 5.01 Å². The average molecular weight is 433 g/mol. The smallest absolute Gasteiger partial charge is 0.353 e. The van der Waals surface area contributed by atoms with Crippen LogP contribution in [0.3, 0.4) is 0 Å². The number of hydrazine groups is 1. The Morgan fingerprint density at radius 3 is 2.28 bits per heavy atom. The Morgan fingerprint density at radius 2 is 1.79 bits per heavy atom. The SMILES string of the molecule is CN1C(c2ccc(S(N)(=O)=O)cc2)C(c2ccc(Cl)cc2)=C(C(=O)O)N1CC#N. The molecule has 1 heterocycles. The average Bonchev–Trinajstić information content (AvgIpc) is 2.95. The Bertz CT molecular complexity index is 1120. The molecule has 8 nitrogen and oxygen atoms in total. The number of nitrogens with two attached hydrogens (primary N) is 1. The van der Waals surface area contributed by atoms with E-state index in [1.54, 1.807) is 48.5 Å². The van der Waals surface area contributed by atoms with Crippen LogP contribution >= 0.6 is 11.6 Å². The maximum atomic E-state index is 12.1. The van der Waals surface area contributed by atoms with Crippen molar-refractivity contribution in [3.8, 4) is 6.07 Å². The van der Waals surface area contributed by atoms with Gasteiger partial charge in [0, 0.05) is 17.6 Å². The van der Waals surface area contributed by atoms with Crippen molar-refractivity contribution in [2.45, 2.75) is 10.9 Å². The largest absolute Gasteiger partial charge is 0.477 e. The number of sulfonamides is 1. The van der Waals surface area contributed by atoms with Crippen molar-refractivity contribution in [1.82, 2.24) is 10.0 Å². The number of benzene rings is 2. The monoisotopic (exact) mass is 432 g/mol. The minimum Gasteiger partial charge on any atom is -0.477 e. The third-order valence-corrected chi connectivity index (χ3v) is 5.83. The van der Waals surface area contributed by atoms with Gasteiger partial charge in [0.05, 0.1) is 17.0 Å². The molecule has 1 aliphatic heterocycles. The lowest BCUT2D eigenvalue weighted by molar-refractivity contribution is -0.136. The Labute approximate surface area is 173 Å². The lowest BCUT2D eigenvalue weighted by atomic mass is 9.92. The number of carbonyl (C=O) groups is 1. The number of aliphatic carboxylic acids is 1.